The minimum atomic E-state index is 0. The van der Waals surface area contributed by atoms with Gasteiger partial charge in [-0.2, -0.15) is 0 Å². The van der Waals surface area contributed by atoms with Crippen molar-refractivity contribution in [2.45, 2.75) is 33.9 Å². The maximum absolute atomic E-state index is 8.55. The van der Waals surface area contributed by atoms with Gasteiger partial charge in [0.05, 0.1) is 17.6 Å². The fourth-order valence-corrected chi connectivity index (χ4v) is 2.96. The zero-order chi connectivity index (χ0) is 17.1. The van der Waals surface area contributed by atoms with Crippen molar-refractivity contribution in [2.75, 3.05) is 6.61 Å². The van der Waals surface area contributed by atoms with Crippen LogP contribution in [0.3, 0.4) is 0 Å². The number of hydrogen-bond donors (Lipinski definition) is 1. The van der Waals surface area contributed by atoms with Gasteiger partial charge in [-0.3, -0.25) is 5.41 Å². The second-order valence-electron chi connectivity index (χ2n) is 6.63. The molecule has 0 aliphatic heterocycles. The number of hydrogen-bond acceptors (Lipinski definition) is 2. The number of nitrogens with one attached hydrogen (secondary N) is 1. The van der Waals surface area contributed by atoms with E-state index in [0.717, 1.165) is 23.3 Å². The van der Waals surface area contributed by atoms with Crippen LogP contribution >= 0.6 is 17.0 Å². The molecule has 0 bridgehead atoms. The molecule has 0 radical (unpaired) electrons. The van der Waals surface area contributed by atoms with Gasteiger partial charge in [-0.15, -0.1) is 17.0 Å². The number of benzene rings is 2. The minimum absolute atomic E-state index is 0. The Morgan fingerprint density at radius 1 is 0.960 bits per heavy atom. The molecule has 25 heavy (non-hydrogen) atoms. The Balaban J connectivity index is 0.00000225. The number of aryl methyl sites for hydroxylation is 1. The van der Waals surface area contributed by atoms with Crippen LogP contribution in [0.5, 0.6) is 5.75 Å². The average Bonchev–Trinajstić information content (AvgIpc) is 2.82. The van der Waals surface area contributed by atoms with Crippen molar-refractivity contribution >= 4 is 28.0 Å². The van der Waals surface area contributed by atoms with Crippen molar-refractivity contribution in [1.29, 1.82) is 5.41 Å². The monoisotopic (exact) mass is 403 g/mol. The van der Waals surface area contributed by atoms with Gasteiger partial charge in [-0.25, -0.2) is 0 Å². The van der Waals surface area contributed by atoms with Gasteiger partial charge < -0.3 is 13.9 Å². The van der Waals surface area contributed by atoms with Gasteiger partial charge in [0, 0.05) is 6.54 Å². The number of ether oxygens (including phenoxy) is 1. The smallest absolute Gasteiger partial charge is 0.203 e. The fraction of sp³-hybridized carbons (Fsp3) is 0.350. The summed E-state index contributed by atoms with van der Waals surface area (Å²) in [6.07, 6.45) is 0. The van der Waals surface area contributed by atoms with Gasteiger partial charge in [0.2, 0.25) is 5.62 Å². The van der Waals surface area contributed by atoms with Crippen LogP contribution in [0.25, 0.3) is 11.0 Å². The molecule has 1 aromatic heterocycles. The molecule has 1 heterocycles. The van der Waals surface area contributed by atoms with Crippen molar-refractivity contribution < 1.29 is 4.74 Å². The number of halogens is 1. The number of rotatable bonds is 6. The Morgan fingerprint density at radius 3 is 2.16 bits per heavy atom. The number of aromatic nitrogens is 2. The van der Waals surface area contributed by atoms with E-state index in [4.69, 9.17) is 10.1 Å². The van der Waals surface area contributed by atoms with E-state index in [1.807, 2.05) is 41.0 Å². The molecular formula is C20H26BrN3O. The van der Waals surface area contributed by atoms with Gasteiger partial charge in [-0.05, 0) is 37.1 Å². The molecule has 134 valence electrons. The predicted octanol–water partition coefficient (Wildman–Crippen LogP) is 4.54. The van der Waals surface area contributed by atoms with Crippen molar-refractivity contribution in [1.82, 2.24) is 9.13 Å². The normalized spacial score (nSPS) is 10.9. The highest BCUT2D eigenvalue weighted by Gasteiger charge is 2.11. The van der Waals surface area contributed by atoms with Crippen molar-refractivity contribution in [3.05, 3.63) is 59.7 Å². The third kappa shape index (κ3) is 4.34. The minimum Gasteiger partial charge on any atom is -0.492 e. The van der Waals surface area contributed by atoms with Crippen molar-refractivity contribution in [3.63, 3.8) is 0 Å². The lowest BCUT2D eigenvalue weighted by Gasteiger charge is -2.09. The molecule has 0 spiro atoms. The first kappa shape index (κ1) is 19.3. The van der Waals surface area contributed by atoms with Crippen LogP contribution in [0.15, 0.2) is 48.5 Å². The molecule has 5 heteroatoms. The van der Waals surface area contributed by atoms with E-state index in [0.29, 0.717) is 24.7 Å². The quantitative estimate of drug-likeness (QED) is 0.644. The lowest BCUT2D eigenvalue weighted by Crippen LogP contribution is -2.27. The van der Waals surface area contributed by atoms with Gasteiger partial charge in [-0.1, -0.05) is 43.7 Å². The van der Waals surface area contributed by atoms with Crippen LogP contribution in [0.4, 0.5) is 0 Å². The summed E-state index contributed by atoms with van der Waals surface area (Å²) >= 11 is 0. The van der Waals surface area contributed by atoms with Crippen LogP contribution in [0.1, 0.15) is 19.4 Å². The summed E-state index contributed by atoms with van der Waals surface area (Å²) in [4.78, 5) is 0. The molecule has 0 aliphatic carbocycles. The lowest BCUT2D eigenvalue weighted by molar-refractivity contribution is 0.296. The highest BCUT2D eigenvalue weighted by Crippen LogP contribution is 2.15. The zero-order valence-electron chi connectivity index (χ0n) is 15.0. The van der Waals surface area contributed by atoms with E-state index in [9.17, 15) is 0 Å². The first-order chi connectivity index (χ1) is 11.6. The highest BCUT2D eigenvalue weighted by molar-refractivity contribution is 8.93. The number of para-hydroxylation sites is 2. The van der Waals surface area contributed by atoms with Crippen LogP contribution in [0, 0.1) is 18.3 Å². The summed E-state index contributed by atoms with van der Waals surface area (Å²) in [5, 5.41) is 8.55. The first-order valence-electron chi connectivity index (χ1n) is 8.48. The maximum Gasteiger partial charge on any atom is 0.203 e. The van der Waals surface area contributed by atoms with Crippen molar-refractivity contribution in [3.8, 4) is 5.75 Å². The second-order valence-corrected chi connectivity index (χ2v) is 6.63. The molecule has 0 saturated heterocycles. The van der Waals surface area contributed by atoms with E-state index >= 15 is 0 Å². The molecule has 0 aliphatic rings. The van der Waals surface area contributed by atoms with E-state index < -0.39 is 0 Å². The van der Waals surface area contributed by atoms with Gasteiger partial charge in [0.15, 0.2) is 0 Å². The molecule has 0 fully saturated rings. The summed E-state index contributed by atoms with van der Waals surface area (Å²) in [6, 6.07) is 16.3. The SMILES string of the molecule is Br.Cc1ccc(OCCn2c(=N)n(CC(C)C)c3ccccc32)cc1. The largest absolute Gasteiger partial charge is 0.492 e. The van der Waals surface area contributed by atoms with Gasteiger partial charge >= 0.3 is 0 Å². The van der Waals surface area contributed by atoms with Crippen molar-refractivity contribution in [2.24, 2.45) is 5.92 Å². The van der Waals surface area contributed by atoms with Gasteiger partial charge in [0.1, 0.15) is 12.4 Å². The molecular weight excluding hydrogens is 378 g/mol. The van der Waals surface area contributed by atoms with Gasteiger partial charge in [0.25, 0.3) is 0 Å². The molecule has 2 aromatic carbocycles. The van der Waals surface area contributed by atoms with Crippen LogP contribution in [-0.4, -0.2) is 15.7 Å². The number of fused-ring (bicyclic) bond motifs is 1. The molecule has 4 nitrogen and oxygen atoms in total. The maximum atomic E-state index is 8.55. The third-order valence-corrected chi connectivity index (χ3v) is 4.13. The Bertz CT molecular complexity index is 878. The zero-order valence-corrected chi connectivity index (χ0v) is 16.7. The summed E-state index contributed by atoms with van der Waals surface area (Å²) in [6.45, 7) is 8.49. The van der Waals surface area contributed by atoms with Crippen LogP contribution in [-0.2, 0) is 13.1 Å². The topological polar surface area (TPSA) is 42.9 Å². The lowest BCUT2D eigenvalue weighted by atomic mass is 10.2. The fourth-order valence-electron chi connectivity index (χ4n) is 2.96. The molecule has 1 N–H and O–H groups in total. The number of nitrogens with zero attached hydrogens (tertiary/aromatic N) is 2. The molecule has 3 aromatic rings. The summed E-state index contributed by atoms with van der Waals surface area (Å²) < 4.78 is 9.97. The van der Waals surface area contributed by atoms with Crippen LogP contribution in [0.2, 0.25) is 0 Å². The third-order valence-electron chi connectivity index (χ3n) is 4.13. The summed E-state index contributed by atoms with van der Waals surface area (Å²) in [5.74, 6) is 1.38. The van der Waals surface area contributed by atoms with E-state index in [1.165, 1.54) is 5.56 Å². The standard InChI is InChI=1S/C20H25N3O.BrH/c1-15(2)14-23-19-7-5-4-6-18(19)22(20(23)21)12-13-24-17-10-8-16(3)9-11-17;/h4-11,15,21H,12-14H2,1-3H3;1H. The summed E-state index contributed by atoms with van der Waals surface area (Å²) in [7, 11) is 0. The Hall–Kier alpha value is -2.01. The molecule has 0 amide bonds. The Kier molecular flexibility index (Phi) is 6.48. The second kappa shape index (κ2) is 8.39. The molecule has 0 unspecified atom stereocenters. The van der Waals surface area contributed by atoms with Crippen LogP contribution < -0.4 is 10.4 Å². The molecule has 0 saturated carbocycles. The number of imidazole rings is 1. The molecule has 3 rings (SSSR count). The van der Waals surface area contributed by atoms with E-state index in [1.54, 1.807) is 0 Å². The Labute approximate surface area is 159 Å². The van der Waals surface area contributed by atoms with E-state index in [2.05, 4.69) is 37.5 Å². The molecule has 0 atom stereocenters. The Morgan fingerprint density at radius 2 is 1.56 bits per heavy atom. The highest BCUT2D eigenvalue weighted by atomic mass is 79.9. The first-order valence-corrected chi connectivity index (χ1v) is 8.48. The summed E-state index contributed by atoms with van der Waals surface area (Å²) in [5.41, 5.74) is 3.97. The van der Waals surface area contributed by atoms with E-state index in [-0.39, 0.29) is 17.0 Å². The average molecular weight is 404 g/mol. The predicted molar refractivity (Wildman–Crippen MR) is 108 cm³/mol.